The second kappa shape index (κ2) is 5.86. The monoisotopic (exact) mass is 342 g/mol. The molecule has 0 radical (unpaired) electrons. The summed E-state index contributed by atoms with van der Waals surface area (Å²) in [6.07, 6.45) is 3.30. The van der Waals surface area contributed by atoms with Crippen molar-refractivity contribution >= 4 is 33.8 Å². The van der Waals surface area contributed by atoms with Crippen molar-refractivity contribution in [3.8, 4) is 0 Å². The number of para-hydroxylation sites is 1. The van der Waals surface area contributed by atoms with E-state index in [1.165, 1.54) is 12.4 Å². The molecule has 0 unspecified atom stereocenters. The first kappa shape index (κ1) is 15.1. The molecule has 0 saturated carbocycles. The minimum Gasteiger partial charge on any atom is -0.327 e. The quantitative estimate of drug-likeness (QED) is 0.421. The number of imidazole rings is 1. The highest BCUT2D eigenvalue weighted by Gasteiger charge is 2.14. The number of hydrogen-bond acceptors (Lipinski definition) is 5. The predicted octanol–water partition coefficient (Wildman–Crippen LogP) is 3.16. The Morgan fingerprint density at radius 1 is 1.25 bits per heavy atom. The lowest BCUT2D eigenvalue weighted by atomic mass is 10.3. The van der Waals surface area contributed by atoms with Gasteiger partial charge in [0.05, 0.1) is 22.9 Å². The minimum absolute atomic E-state index is 0.289. The van der Waals surface area contributed by atoms with Crippen LogP contribution in [0.3, 0.4) is 0 Å². The zero-order valence-electron chi connectivity index (χ0n) is 13.3. The van der Waals surface area contributed by atoms with Crippen LogP contribution in [0.2, 0.25) is 0 Å². The lowest BCUT2D eigenvalue weighted by Gasteiger charge is -2.06. The van der Waals surface area contributed by atoms with E-state index in [1.807, 2.05) is 24.6 Å². The van der Waals surface area contributed by atoms with Gasteiger partial charge in [-0.3, -0.25) is 4.68 Å². The second-order valence-electron chi connectivity index (χ2n) is 5.35. The number of thioether (sulfide) groups is 1. The van der Waals surface area contributed by atoms with Crippen molar-refractivity contribution in [2.75, 3.05) is 0 Å². The highest BCUT2D eigenvalue weighted by atomic mass is 32.2. The Labute approximate surface area is 141 Å². The molecule has 0 amide bonds. The van der Waals surface area contributed by atoms with Crippen LogP contribution < -0.4 is 0 Å². The number of aryl methyl sites for hydroxylation is 2. The molecule has 0 aliphatic carbocycles. The van der Waals surface area contributed by atoms with Gasteiger partial charge in [-0.15, -0.1) is 0 Å². The van der Waals surface area contributed by atoms with Crippen LogP contribution in [-0.4, -0.2) is 29.3 Å². The van der Waals surface area contributed by atoms with Gasteiger partial charge in [0.15, 0.2) is 11.5 Å². The SMILES string of the molecule is CCn1c(CSc2ncnc3c2cnn3C)nc2c(F)cccc21. The van der Waals surface area contributed by atoms with Gasteiger partial charge in [-0.1, -0.05) is 17.8 Å². The maximum atomic E-state index is 14.0. The first-order chi connectivity index (χ1) is 11.7. The largest absolute Gasteiger partial charge is 0.327 e. The van der Waals surface area contributed by atoms with Crippen LogP contribution in [0.1, 0.15) is 12.7 Å². The van der Waals surface area contributed by atoms with Crippen molar-refractivity contribution in [1.29, 1.82) is 0 Å². The van der Waals surface area contributed by atoms with Gasteiger partial charge in [0, 0.05) is 13.6 Å². The van der Waals surface area contributed by atoms with E-state index in [0.717, 1.165) is 33.9 Å². The molecule has 0 atom stereocenters. The third-order valence-corrected chi connectivity index (χ3v) is 4.96. The summed E-state index contributed by atoms with van der Waals surface area (Å²) in [6.45, 7) is 2.77. The molecule has 3 heterocycles. The molecule has 8 heteroatoms. The van der Waals surface area contributed by atoms with Gasteiger partial charge in [0.1, 0.15) is 22.7 Å². The van der Waals surface area contributed by atoms with Gasteiger partial charge < -0.3 is 4.57 Å². The van der Waals surface area contributed by atoms with E-state index >= 15 is 0 Å². The summed E-state index contributed by atoms with van der Waals surface area (Å²) < 4.78 is 17.7. The molecule has 0 N–H and O–H groups in total. The Kier molecular flexibility index (Phi) is 3.68. The van der Waals surface area contributed by atoms with Crippen molar-refractivity contribution in [3.05, 3.63) is 42.4 Å². The topological polar surface area (TPSA) is 61.4 Å². The fourth-order valence-electron chi connectivity index (χ4n) is 2.81. The molecule has 0 fully saturated rings. The van der Waals surface area contributed by atoms with Crippen LogP contribution in [0.5, 0.6) is 0 Å². The fourth-order valence-corrected chi connectivity index (χ4v) is 3.72. The highest BCUT2D eigenvalue weighted by molar-refractivity contribution is 7.98. The van der Waals surface area contributed by atoms with Gasteiger partial charge in [0.25, 0.3) is 0 Å². The number of benzene rings is 1. The molecule has 4 rings (SSSR count). The molecule has 0 aliphatic heterocycles. The standard InChI is InChI=1S/C16H15FN6S/c1-3-23-12-6-4-5-11(17)14(12)21-13(23)8-24-16-10-7-20-22(2)15(10)18-9-19-16/h4-7,9H,3,8H2,1-2H3. The van der Waals surface area contributed by atoms with Crippen molar-refractivity contribution in [3.63, 3.8) is 0 Å². The van der Waals surface area contributed by atoms with Gasteiger partial charge in [0.2, 0.25) is 0 Å². The Morgan fingerprint density at radius 3 is 2.96 bits per heavy atom. The van der Waals surface area contributed by atoms with Gasteiger partial charge in [-0.2, -0.15) is 5.10 Å². The summed E-state index contributed by atoms with van der Waals surface area (Å²) in [5, 5.41) is 5.98. The van der Waals surface area contributed by atoms with Crippen LogP contribution in [0.15, 0.2) is 35.7 Å². The number of rotatable bonds is 4. The third-order valence-electron chi connectivity index (χ3n) is 3.96. The molecule has 6 nitrogen and oxygen atoms in total. The molecular weight excluding hydrogens is 327 g/mol. The molecule has 122 valence electrons. The normalized spacial score (nSPS) is 11.6. The number of aromatic nitrogens is 6. The van der Waals surface area contributed by atoms with Crippen molar-refractivity contribution in [2.24, 2.45) is 7.05 Å². The van der Waals surface area contributed by atoms with Crippen LogP contribution in [0.4, 0.5) is 4.39 Å². The summed E-state index contributed by atoms with van der Waals surface area (Å²) in [6, 6.07) is 5.05. The van der Waals surface area contributed by atoms with Crippen LogP contribution in [0, 0.1) is 5.82 Å². The van der Waals surface area contributed by atoms with E-state index in [2.05, 4.69) is 20.1 Å². The molecule has 0 bridgehead atoms. The van der Waals surface area contributed by atoms with E-state index in [4.69, 9.17) is 0 Å². The van der Waals surface area contributed by atoms with Crippen LogP contribution in [-0.2, 0) is 19.3 Å². The smallest absolute Gasteiger partial charge is 0.162 e. The zero-order valence-corrected chi connectivity index (χ0v) is 14.1. The van der Waals surface area contributed by atoms with E-state index in [-0.39, 0.29) is 5.82 Å². The Bertz CT molecular complexity index is 1040. The van der Waals surface area contributed by atoms with Crippen LogP contribution in [0.25, 0.3) is 22.1 Å². The molecule has 24 heavy (non-hydrogen) atoms. The Hall–Kier alpha value is -2.48. The average Bonchev–Trinajstić information content (AvgIpc) is 3.15. The molecule has 1 aromatic carbocycles. The van der Waals surface area contributed by atoms with E-state index in [1.54, 1.807) is 28.7 Å². The number of halogens is 1. The minimum atomic E-state index is -0.289. The summed E-state index contributed by atoms with van der Waals surface area (Å²) in [5.41, 5.74) is 2.04. The van der Waals surface area contributed by atoms with Gasteiger partial charge >= 0.3 is 0 Å². The van der Waals surface area contributed by atoms with Crippen molar-refractivity contribution in [1.82, 2.24) is 29.3 Å². The van der Waals surface area contributed by atoms with Crippen LogP contribution >= 0.6 is 11.8 Å². The maximum Gasteiger partial charge on any atom is 0.162 e. The number of nitrogens with zero attached hydrogens (tertiary/aromatic N) is 6. The van der Waals surface area contributed by atoms with E-state index in [0.29, 0.717) is 11.3 Å². The average molecular weight is 342 g/mol. The molecule has 0 spiro atoms. The lowest BCUT2D eigenvalue weighted by Crippen LogP contribution is -2.00. The molecule has 0 saturated heterocycles. The first-order valence-corrected chi connectivity index (χ1v) is 8.56. The van der Waals surface area contributed by atoms with E-state index in [9.17, 15) is 4.39 Å². The maximum absolute atomic E-state index is 14.0. The van der Waals surface area contributed by atoms with Crippen molar-refractivity contribution < 1.29 is 4.39 Å². The molecular formula is C16H15FN6S. The number of fused-ring (bicyclic) bond motifs is 2. The Balaban J connectivity index is 1.70. The summed E-state index contributed by atoms with van der Waals surface area (Å²) >= 11 is 1.56. The van der Waals surface area contributed by atoms with E-state index < -0.39 is 0 Å². The van der Waals surface area contributed by atoms with Crippen molar-refractivity contribution in [2.45, 2.75) is 24.2 Å². The molecule has 4 aromatic rings. The zero-order chi connectivity index (χ0) is 16.7. The second-order valence-corrected chi connectivity index (χ2v) is 6.32. The third kappa shape index (κ3) is 2.34. The predicted molar refractivity (Wildman–Crippen MR) is 91.2 cm³/mol. The highest BCUT2D eigenvalue weighted by Crippen LogP contribution is 2.28. The first-order valence-electron chi connectivity index (χ1n) is 7.58. The summed E-state index contributed by atoms with van der Waals surface area (Å²) in [4.78, 5) is 13.1. The lowest BCUT2D eigenvalue weighted by molar-refractivity contribution is 0.637. The molecule has 0 aliphatic rings. The molecule has 3 aromatic heterocycles. The summed E-state index contributed by atoms with van der Waals surface area (Å²) in [7, 11) is 1.85. The van der Waals surface area contributed by atoms with Gasteiger partial charge in [-0.25, -0.2) is 19.3 Å². The fraction of sp³-hybridized carbons (Fsp3) is 0.250. The summed E-state index contributed by atoms with van der Waals surface area (Å²) in [5.74, 6) is 1.14. The number of hydrogen-bond donors (Lipinski definition) is 0. The van der Waals surface area contributed by atoms with Gasteiger partial charge in [-0.05, 0) is 19.1 Å². The Morgan fingerprint density at radius 2 is 2.12 bits per heavy atom.